The predicted molar refractivity (Wildman–Crippen MR) is 121 cm³/mol. The highest BCUT2D eigenvalue weighted by Crippen LogP contribution is 2.37. The number of amides is 1. The summed E-state index contributed by atoms with van der Waals surface area (Å²) in [6.07, 6.45) is 2.87. The van der Waals surface area contributed by atoms with E-state index in [4.69, 9.17) is 0 Å². The smallest absolute Gasteiger partial charge is 0.333 e. The standard InChI is InChI=1S/C25H25NO3S/c1-16-12-21(15-30-16)20-9-10-23(22(14-20)25(28)29)26-24(27)11-7-17-6-8-18-4-2-3-5-19(18)13-17/h2-6,8,12-13,15,20H,7,9-11,14H2,1H3,(H,26,27)(H,28,29). The molecule has 0 radical (unpaired) electrons. The molecule has 4 nitrogen and oxygen atoms in total. The molecule has 4 rings (SSSR count). The Morgan fingerprint density at radius 3 is 2.67 bits per heavy atom. The quantitative estimate of drug-likeness (QED) is 0.549. The van der Waals surface area contributed by atoms with Crippen LogP contribution in [0, 0.1) is 6.92 Å². The van der Waals surface area contributed by atoms with Gasteiger partial charge < -0.3 is 10.4 Å². The minimum atomic E-state index is -0.934. The van der Waals surface area contributed by atoms with Gasteiger partial charge in [-0.1, -0.05) is 42.5 Å². The summed E-state index contributed by atoms with van der Waals surface area (Å²) in [7, 11) is 0. The molecular weight excluding hydrogens is 394 g/mol. The third-order valence-corrected chi connectivity index (χ3v) is 6.66. The first kappa shape index (κ1) is 20.4. The highest BCUT2D eigenvalue weighted by molar-refractivity contribution is 7.10. The second-order valence-electron chi connectivity index (χ2n) is 7.92. The van der Waals surface area contributed by atoms with Crippen LogP contribution in [0.5, 0.6) is 0 Å². The molecule has 0 bridgehead atoms. The zero-order valence-electron chi connectivity index (χ0n) is 17.0. The van der Waals surface area contributed by atoms with Crippen molar-refractivity contribution in [2.75, 3.05) is 0 Å². The minimum absolute atomic E-state index is 0.123. The monoisotopic (exact) mass is 419 g/mol. The maximum atomic E-state index is 12.5. The van der Waals surface area contributed by atoms with E-state index in [1.807, 2.05) is 18.2 Å². The molecule has 0 saturated carbocycles. The summed E-state index contributed by atoms with van der Waals surface area (Å²) < 4.78 is 0. The molecule has 2 N–H and O–H groups in total. The number of rotatable bonds is 6. The molecule has 1 unspecified atom stereocenters. The van der Waals surface area contributed by atoms with Crippen LogP contribution in [0.2, 0.25) is 0 Å². The van der Waals surface area contributed by atoms with E-state index in [2.05, 4.69) is 48.0 Å². The van der Waals surface area contributed by atoms with Crippen molar-refractivity contribution in [3.63, 3.8) is 0 Å². The van der Waals surface area contributed by atoms with Crippen LogP contribution >= 0.6 is 11.3 Å². The van der Waals surface area contributed by atoms with Crippen LogP contribution < -0.4 is 5.32 Å². The average Bonchev–Trinajstić information content (AvgIpc) is 3.18. The Labute approximate surface area is 180 Å². The highest BCUT2D eigenvalue weighted by Gasteiger charge is 2.27. The Kier molecular flexibility index (Phi) is 6.00. The predicted octanol–water partition coefficient (Wildman–Crippen LogP) is 5.56. The number of hydrogen-bond acceptors (Lipinski definition) is 3. The summed E-state index contributed by atoms with van der Waals surface area (Å²) in [5, 5.41) is 17.0. The first-order valence-corrected chi connectivity index (χ1v) is 11.2. The van der Waals surface area contributed by atoms with Gasteiger partial charge in [0.2, 0.25) is 5.91 Å². The second-order valence-corrected chi connectivity index (χ2v) is 9.04. The summed E-state index contributed by atoms with van der Waals surface area (Å²) in [5.41, 5.74) is 3.23. The molecule has 5 heteroatoms. The van der Waals surface area contributed by atoms with Crippen LogP contribution in [0.4, 0.5) is 0 Å². The normalized spacial score (nSPS) is 16.6. The largest absolute Gasteiger partial charge is 0.478 e. The number of carbonyl (C=O) groups excluding carboxylic acids is 1. The van der Waals surface area contributed by atoms with Gasteiger partial charge >= 0.3 is 5.97 Å². The van der Waals surface area contributed by atoms with Gasteiger partial charge in [-0.05, 0) is 71.9 Å². The van der Waals surface area contributed by atoms with Gasteiger partial charge in [-0.2, -0.15) is 0 Å². The Hall–Kier alpha value is -2.92. The molecule has 1 aliphatic carbocycles. The SMILES string of the molecule is Cc1cc(C2CCC(NC(=O)CCc3ccc4ccccc4c3)=C(C(=O)O)C2)cs1. The molecule has 1 aromatic heterocycles. The summed E-state index contributed by atoms with van der Waals surface area (Å²) >= 11 is 1.69. The number of allylic oxidation sites excluding steroid dienone is 1. The number of thiophene rings is 1. The van der Waals surface area contributed by atoms with Crippen molar-refractivity contribution in [1.29, 1.82) is 0 Å². The van der Waals surface area contributed by atoms with Crippen molar-refractivity contribution in [3.8, 4) is 0 Å². The fourth-order valence-corrected chi connectivity index (χ4v) is 4.93. The lowest BCUT2D eigenvalue weighted by Gasteiger charge is -2.25. The topological polar surface area (TPSA) is 66.4 Å². The van der Waals surface area contributed by atoms with Gasteiger partial charge in [0.25, 0.3) is 0 Å². The Morgan fingerprint density at radius 2 is 1.93 bits per heavy atom. The van der Waals surface area contributed by atoms with E-state index in [1.165, 1.54) is 15.8 Å². The van der Waals surface area contributed by atoms with E-state index < -0.39 is 5.97 Å². The number of carbonyl (C=O) groups is 2. The molecule has 1 atom stereocenters. The van der Waals surface area contributed by atoms with E-state index >= 15 is 0 Å². The van der Waals surface area contributed by atoms with Crippen LogP contribution in [0.15, 0.2) is 65.2 Å². The zero-order valence-corrected chi connectivity index (χ0v) is 17.8. The van der Waals surface area contributed by atoms with Crippen LogP contribution in [0.1, 0.15) is 47.6 Å². The van der Waals surface area contributed by atoms with E-state index in [1.54, 1.807) is 11.3 Å². The number of aliphatic carboxylic acids is 1. The van der Waals surface area contributed by atoms with E-state index in [-0.39, 0.29) is 11.8 Å². The number of carboxylic acid groups (broad SMARTS) is 1. The van der Waals surface area contributed by atoms with Crippen LogP contribution in [0.25, 0.3) is 10.8 Å². The molecule has 0 spiro atoms. The van der Waals surface area contributed by atoms with Crippen LogP contribution in [0.3, 0.4) is 0 Å². The van der Waals surface area contributed by atoms with Crippen LogP contribution in [-0.2, 0) is 16.0 Å². The van der Waals surface area contributed by atoms with Crippen molar-refractivity contribution < 1.29 is 14.7 Å². The average molecular weight is 420 g/mol. The number of hydrogen-bond donors (Lipinski definition) is 2. The first-order chi connectivity index (χ1) is 14.5. The van der Waals surface area contributed by atoms with Crippen LogP contribution in [-0.4, -0.2) is 17.0 Å². The summed E-state index contributed by atoms with van der Waals surface area (Å²) in [6, 6.07) is 16.5. The minimum Gasteiger partial charge on any atom is -0.478 e. The van der Waals surface area contributed by atoms with Crippen molar-refractivity contribution in [2.24, 2.45) is 0 Å². The van der Waals surface area contributed by atoms with Gasteiger partial charge in [0, 0.05) is 17.0 Å². The van der Waals surface area contributed by atoms with Gasteiger partial charge in [0.1, 0.15) is 0 Å². The molecule has 30 heavy (non-hydrogen) atoms. The summed E-state index contributed by atoms with van der Waals surface area (Å²) in [5.74, 6) is -0.850. The molecular formula is C25H25NO3S. The number of fused-ring (bicyclic) bond motifs is 1. The Morgan fingerprint density at radius 1 is 1.13 bits per heavy atom. The Balaban J connectivity index is 1.41. The number of carboxylic acids is 1. The third kappa shape index (κ3) is 4.62. The van der Waals surface area contributed by atoms with Gasteiger partial charge in [0.15, 0.2) is 0 Å². The van der Waals surface area contributed by atoms with E-state index in [9.17, 15) is 14.7 Å². The van der Waals surface area contributed by atoms with E-state index in [0.29, 0.717) is 37.0 Å². The van der Waals surface area contributed by atoms with Crippen molar-refractivity contribution >= 4 is 34.0 Å². The van der Waals surface area contributed by atoms with Gasteiger partial charge in [0.05, 0.1) is 5.57 Å². The maximum Gasteiger partial charge on any atom is 0.333 e. The summed E-state index contributed by atoms with van der Waals surface area (Å²) in [4.78, 5) is 25.6. The number of nitrogens with one attached hydrogen (secondary N) is 1. The second kappa shape index (κ2) is 8.84. The number of aryl methyl sites for hydroxylation is 2. The Bertz CT molecular complexity index is 1130. The van der Waals surface area contributed by atoms with Crippen molar-refractivity contribution in [2.45, 2.75) is 44.9 Å². The molecule has 3 aromatic rings. The highest BCUT2D eigenvalue weighted by atomic mass is 32.1. The molecule has 0 saturated heterocycles. The molecule has 0 aliphatic heterocycles. The maximum absolute atomic E-state index is 12.5. The third-order valence-electron chi connectivity index (χ3n) is 5.78. The molecule has 2 aromatic carbocycles. The molecule has 1 amide bonds. The van der Waals surface area contributed by atoms with Gasteiger partial charge in [-0.15, -0.1) is 11.3 Å². The fraction of sp³-hybridized carbons (Fsp3) is 0.280. The summed E-state index contributed by atoms with van der Waals surface area (Å²) in [6.45, 7) is 2.06. The first-order valence-electron chi connectivity index (χ1n) is 10.3. The van der Waals surface area contributed by atoms with Gasteiger partial charge in [-0.3, -0.25) is 4.79 Å². The lowest BCUT2D eigenvalue weighted by Crippen LogP contribution is -2.29. The molecule has 1 heterocycles. The molecule has 154 valence electrons. The lowest BCUT2D eigenvalue weighted by molar-refractivity contribution is -0.133. The van der Waals surface area contributed by atoms with Gasteiger partial charge in [-0.25, -0.2) is 4.79 Å². The number of benzene rings is 2. The fourth-order valence-electron chi connectivity index (χ4n) is 4.14. The molecule has 1 aliphatic rings. The lowest BCUT2D eigenvalue weighted by atomic mass is 9.83. The van der Waals surface area contributed by atoms with E-state index in [0.717, 1.165) is 17.4 Å². The molecule has 0 fully saturated rings. The van der Waals surface area contributed by atoms with Crippen molar-refractivity contribution in [1.82, 2.24) is 5.32 Å². The zero-order chi connectivity index (χ0) is 21.1. The van der Waals surface area contributed by atoms with Crippen molar-refractivity contribution in [3.05, 3.63) is 81.2 Å².